The lowest BCUT2D eigenvalue weighted by Gasteiger charge is -2.14. The van der Waals surface area contributed by atoms with E-state index < -0.39 is 0 Å². The van der Waals surface area contributed by atoms with Crippen LogP contribution in [-0.4, -0.2) is 26.9 Å². The number of methoxy groups -OCH3 is 1. The van der Waals surface area contributed by atoms with E-state index in [1.807, 2.05) is 30.3 Å². The molecule has 0 aliphatic carbocycles. The van der Waals surface area contributed by atoms with Gasteiger partial charge in [-0.15, -0.1) is 0 Å². The summed E-state index contributed by atoms with van der Waals surface area (Å²) < 4.78 is 10.2. The van der Waals surface area contributed by atoms with Gasteiger partial charge in [-0.25, -0.2) is 0 Å². The summed E-state index contributed by atoms with van der Waals surface area (Å²) in [5.74, 6) is 0.722. The number of benzene rings is 1. The van der Waals surface area contributed by atoms with Gasteiger partial charge in [-0.3, -0.25) is 0 Å². The van der Waals surface area contributed by atoms with E-state index in [9.17, 15) is 0 Å². The van der Waals surface area contributed by atoms with Crippen LogP contribution < -0.4 is 10.1 Å². The fourth-order valence-electron chi connectivity index (χ4n) is 1.46. The maximum Gasteiger partial charge on any atom is 0.174 e. The van der Waals surface area contributed by atoms with Crippen LogP contribution in [0, 0.1) is 11.3 Å². The Morgan fingerprint density at radius 3 is 2.65 bits per heavy atom. The molecule has 0 amide bonds. The Morgan fingerprint density at radius 1 is 1.35 bits per heavy atom. The Morgan fingerprint density at radius 2 is 2.06 bits per heavy atom. The summed E-state index contributed by atoms with van der Waals surface area (Å²) in [6, 6.07) is 9.96. The second-order valence-corrected chi connectivity index (χ2v) is 3.68. The number of ether oxygens (including phenoxy) is 2. The molecule has 1 aromatic rings. The van der Waals surface area contributed by atoms with Gasteiger partial charge in [0, 0.05) is 19.7 Å². The molecule has 0 fully saturated rings. The molecule has 1 atom stereocenters. The SMILES string of the molecule is COCCNC(C)c1ccc(OCC#N)cc1. The van der Waals surface area contributed by atoms with Crippen molar-refractivity contribution in [1.82, 2.24) is 5.32 Å². The lowest BCUT2D eigenvalue weighted by molar-refractivity contribution is 0.196. The maximum absolute atomic E-state index is 8.39. The van der Waals surface area contributed by atoms with Crippen LogP contribution in [0.4, 0.5) is 0 Å². The first-order valence-electron chi connectivity index (χ1n) is 5.60. The molecule has 17 heavy (non-hydrogen) atoms. The Bertz CT molecular complexity index is 357. The zero-order valence-electron chi connectivity index (χ0n) is 10.3. The number of nitriles is 1. The van der Waals surface area contributed by atoms with Crippen LogP contribution in [0.15, 0.2) is 24.3 Å². The van der Waals surface area contributed by atoms with Crippen LogP contribution in [0.5, 0.6) is 5.75 Å². The summed E-state index contributed by atoms with van der Waals surface area (Å²) in [6.45, 7) is 3.71. The van der Waals surface area contributed by atoms with Crippen LogP contribution in [-0.2, 0) is 4.74 Å². The number of hydrogen-bond acceptors (Lipinski definition) is 4. The summed E-state index contributed by atoms with van der Waals surface area (Å²) >= 11 is 0. The van der Waals surface area contributed by atoms with Gasteiger partial charge in [0.05, 0.1) is 6.61 Å². The fraction of sp³-hybridized carbons (Fsp3) is 0.462. The first-order valence-corrected chi connectivity index (χ1v) is 5.60. The second-order valence-electron chi connectivity index (χ2n) is 3.68. The van der Waals surface area contributed by atoms with Crippen LogP contribution in [0.25, 0.3) is 0 Å². The second kappa shape index (κ2) is 7.66. The van der Waals surface area contributed by atoms with E-state index >= 15 is 0 Å². The van der Waals surface area contributed by atoms with Gasteiger partial charge in [0.2, 0.25) is 0 Å². The smallest absolute Gasteiger partial charge is 0.174 e. The van der Waals surface area contributed by atoms with Crippen molar-refractivity contribution < 1.29 is 9.47 Å². The third-order valence-electron chi connectivity index (χ3n) is 2.44. The summed E-state index contributed by atoms with van der Waals surface area (Å²) in [4.78, 5) is 0. The molecule has 0 saturated heterocycles. The van der Waals surface area contributed by atoms with Crippen LogP contribution in [0.1, 0.15) is 18.5 Å². The maximum atomic E-state index is 8.39. The van der Waals surface area contributed by atoms with Crippen LogP contribution in [0.2, 0.25) is 0 Å². The highest BCUT2D eigenvalue weighted by atomic mass is 16.5. The van der Waals surface area contributed by atoms with Crippen molar-refractivity contribution in [2.45, 2.75) is 13.0 Å². The summed E-state index contributed by atoms with van der Waals surface area (Å²) in [6.07, 6.45) is 0. The standard InChI is InChI=1S/C13H18N2O2/c1-11(15-8-10-16-2)12-3-5-13(6-4-12)17-9-7-14/h3-6,11,15H,8-10H2,1-2H3. The summed E-state index contributed by atoms with van der Waals surface area (Å²) in [5.41, 5.74) is 1.19. The van der Waals surface area contributed by atoms with E-state index in [1.54, 1.807) is 7.11 Å². The van der Waals surface area contributed by atoms with Crippen molar-refractivity contribution in [3.05, 3.63) is 29.8 Å². The van der Waals surface area contributed by atoms with Crippen LogP contribution >= 0.6 is 0 Å². The molecule has 0 saturated carbocycles. The molecule has 0 aromatic heterocycles. The van der Waals surface area contributed by atoms with Gasteiger partial charge in [0.15, 0.2) is 6.61 Å². The average molecular weight is 234 g/mol. The topological polar surface area (TPSA) is 54.3 Å². The predicted molar refractivity (Wildman–Crippen MR) is 65.8 cm³/mol. The minimum Gasteiger partial charge on any atom is -0.479 e. The van der Waals surface area contributed by atoms with E-state index in [0.717, 1.165) is 12.3 Å². The Balaban J connectivity index is 2.46. The largest absolute Gasteiger partial charge is 0.479 e. The first-order chi connectivity index (χ1) is 8.27. The lowest BCUT2D eigenvalue weighted by Crippen LogP contribution is -2.22. The van der Waals surface area contributed by atoms with Gasteiger partial charge in [0.25, 0.3) is 0 Å². The van der Waals surface area contributed by atoms with Gasteiger partial charge in [-0.2, -0.15) is 5.26 Å². The van der Waals surface area contributed by atoms with Crippen molar-refractivity contribution in [3.8, 4) is 11.8 Å². The monoisotopic (exact) mass is 234 g/mol. The number of rotatable bonds is 7. The van der Waals surface area contributed by atoms with Gasteiger partial charge in [0.1, 0.15) is 11.8 Å². The van der Waals surface area contributed by atoms with E-state index in [4.69, 9.17) is 14.7 Å². The van der Waals surface area contributed by atoms with Gasteiger partial charge in [-0.05, 0) is 24.6 Å². The van der Waals surface area contributed by atoms with E-state index in [2.05, 4.69) is 12.2 Å². The molecule has 0 radical (unpaired) electrons. The number of nitrogens with zero attached hydrogens (tertiary/aromatic N) is 1. The van der Waals surface area contributed by atoms with Crippen LogP contribution in [0.3, 0.4) is 0 Å². The molecule has 1 N–H and O–H groups in total. The Kier molecular flexibility index (Phi) is 6.08. The number of nitrogens with one attached hydrogen (secondary N) is 1. The quantitative estimate of drug-likeness (QED) is 0.732. The molecular weight excluding hydrogens is 216 g/mol. The average Bonchev–Trinajstić information content (AvgIpc) is 2.37. The minimum atomic E-state index is 0.0843. The van der Waals surface area contributed by atoms with Crippen molar-refractivity contribution in [3.63, 3.8) is 0 Å². The lowest BCUT2D eigenvalue weighted by atomic mass is 10.1. The minimum absolute atomic E-state index is 0.0843. The highest BCUT2D eigenvalue weighted by molar-refractivity contribution is 5.29. The highest BCUT2D eigenvalue weighted by Crippen LogP contribution is 2.17. The molecule has 1 unspecified atom stereocenters. The van der Waals surface area contributed by atoms with E-state index in [1.165, 1.54) is 5.56 Å². The predicted octanol–water partition coefficient (Wildman–Crippen LogP) is 1.89. The molecule has 4 heteroatoms. The van der Waals surface area contributed by atoms with Crippen molar-refractivity contribution in [1.29, 1.82) is 5.26 Å². The molecule has 0 spiro atoms. The molecule has 0 heterocycles. The molecule has 4 nitrogen and oxygen atoms in total. The Labute approximate surface area is 102 Å². The molecule has 0 aliphatic rings. The Hall–Kier alpha value is -1.57. The molecule has 0 aliphatic heterocycles. The zero-order chi connectivity index (χ0) is 12.5. The molecule has 1 rings (SSSR count). The van der Waals surface area contributed by atoms with E-state index in [0.29, 0.717) is 6.61 Å². The highest BCUT2D eigenvalue weighted by Gasteiger charge is 2.04. The van der Waals surface area contributed by atoms with Gasteiger partial charge >= 0.3 is 0 Å². The number of hydrogen-bond donors (Lipinski definition) is 1. The first kappa shape index (κ1) is 13.5. The van der Waals surface area contributed by atoms with E-state index in [-0.39, 0.29) is 12.6 Å². The van der Waals surface area contributed by atoms with Gasteiger partial charge < -0.3 is 14.8 Å². The zero-order valence-corrected chi connectivity index (χ0v) is 10.3. The van der Waals surface area contributed by atoms with Crippen molar-refractivity contribution >= 4 is 0 Å². The van der Waals surface area contributed by atoms with Crippen molar-refractivity contribution in [2.75, 3.05) is 26.9 Å². The van der Waals surface area contributed by atoms with Crippen molar-refractivity contribution in [2.24, 2.45) is 0 Å². The molecule has 1 aromatic carbocycles. The molecular formula is C13H18N2O2. The summed E-state index contributed by atoms with van der Waals surface area (Å²) in [7, 11) is 1.69. The third-order valence-corrected chi connectivity index (χ3v) is 2.44. The van der Waals surface area contributed by atoms with Gasteiger partial charge in [-0.1, -0.05) is 12.1 Å². The normalized spacial score (nSPS) is 11.8. The third kappa shape index (κ3) is 4.85. The molecule has 92 valence electrons. The fourth-order valence-corrected chi connectivity index (χ4v) is 1.46. The molecule has 0 bridgehead atoms. The summed E-state index contributed by atoms with van der Waals surface area (Å²) in [5, 5.41) is 11.7.